The molecule has 0 aliphatic rings. The van der Waals surface area contributed by atoms with Gasteiger partial charge in [-0.2, -0.15) is 10.4 Å². The van der Waals surface area contributed by atoms with E-state index >= 15 is 0 Å². The van der Waals surface area contributed by atoms with Gasteiger partial charge < -0.3 is 11.1 Å². The largest absolute Gasteiger partial charge is 0.367 e. The van der Waals surface area contributed by atoms with E-state index in [1.165, 1.54) is 0 Å². The third-order valence-corrected chi connectivity index (χ3v) is 3.71. The number of hydrogen-bond acceptors (Lipinski definition) is 4. The highest BCUT2D eigenvalue weighted by molar-refractivity contribution is 9.10. The van der Waals surface area contributed by atoms with Gasteiger partial charge in [0.05, 0.1) is 22.8 Å². The topological polar surface area (TPSA) is 114 Å². The third kappa shape index (κ3) is 3.79. The van der Waals surface area contributed by atoms with Crippen LogP contribution in [0.15, 0.2) is 4.47 Å². The molecule has 1 atom stereocenters. The normalized spacial score (nSPS) is 11.7. The van der Waals surface area contributed by atoms with Crippen LogP contribution in [0.1, 0.15) is 17.8 Å². The fourth-order valence-corrected chi connectivity index (χ4v) is 1.78. The van der Waals surface area contributed by atoms with E-state index in [1.807, 2.05) is 13.8 Å². The van der Waals surface area contributed by atoms with Crippen LogP contribution in [0.3, 0.4) is 0 Å². The first kappa shape index (κ1) is 15.2. The Morgan fingerprint density at radius 3 is 2.63 bits per heavy atom. The number of primary amides is 1. The molecule has 2 amide bonds. The quantitative estimate of drug-likeness (QED) is 0.800. The summed E-state index contributed by atoms with van der Waals surface area (Å²) >= 11 is 3.39. The zero-order valence-corrected chi connectivity index (χ0v) is 12.2. The molecule has 1 rings (SSSR count). The zero-order chi connectivity index (χ0) is 14.6. The van der Waals surface area contributed by atoms with Gasteiger partial charge >= 0.3 is 0 Å². The van der Waals surface area contributed by atoms with E-state index in [1.54, 1.807) is 10.8 Å². The Bertz CT molecular complexity index is 546. The van der Waals surface area contributed by atoms with Crippen molar-refractivity contribution in [3.05, 3.63) is 15.9 Å². The van der Waals surface area contributed by atoms with Gasteiger partial charge in [0.1, 0.15) is 0 Å². The van der Waals surface area contributed by atoms with Gasteiger partial charge in [-0.3, -0.25) is 14.3 Å². The molecule has 1 aromatic rings. The predicted octanol–water partition coefficient (Wildman–Crippen LogP) is 0.146. The Morgan fingerprint density at radius 2 is 2.21 bits per heavy atom. The number of rotatable bonds is 5. The van der Waals surface area contributed by atoms with E-state index in [4.69, 9.17) is 11.0 Å². The van der Waals surface area contributed by atoms with Crippen LogP contribution in [0.25, 0.3) is 0 Å². The first-order valence-corrected chi connectivity index (χ1v) is 6.34. The van der Waals surface area contributed by atoms with Crippen LogP contribution in [0.4, 0.5) is 0 Å². The molecule has 0 aromatic carbocycles. The lowest BCUT2D eigenvalue weighted by molar-refractivity contribution is -0.126. The second kappa shape index (κ2) is 6.33. The molecule has 7 nitrogen and oxygen atoms in total. The van der Waals surface area contributed by atoms with Gasteiger partial charge in [0, 0.05) is 12.1 Å². The van der Waals surface area contributed by atoms with E-state index in [0.717, 1.165) is 15.9 Å². The van der Waals surface area contributed by atoms with Gasteiger partial charge in [-0.05, 0) is 29.8 Å². The summed E-state index contributed by atoms with van der Waals surface area (Å²) in [4.78, 5) is 22.4. The van der Waals surface area contributed by atoms with E-state index in [2.05, 4.69) is 26.3 Å². The predicted molar refractivity (Wildman–Crippen MR) is 70.8 cm³/mol. The number of carbonyl (C=O) groups excluding carboxylic acids is 2. The standard InChI is InChI=1S/C11H14BrN5O2/c1-6-10(12)7(2)17(16-6)4-3-9(18)15-8(5-13)11(14)19/h8H,3-4H2,1-2H3,(H2,14,19)(H,15,18). The van der Waals surface area contributed by atoms with Crippen molar-refractivity contribution in [2.45, 2.75) is 32.9 Å². The summed E-state index contributed by atoms with van der Waals surface area (Å²) in [5, 5.41) is 15.1. The molecule has 1 aromatic heterocycles. The molecule has 0 saturated heterocycles. The van der Waals surface area contributed by atoms with Crippen molar-refractivity contribution < 1.29 is 9.59 Å². The molecule has 0 aliphatic heterocycles. The van der Waals surface area contributed by atoms with Crippen molar-refractivity contribution in [1.82, 2.24) is 15.1 Å². The van der Waals surface area contributed by atoms with E-state index in [0.29, 0.717) is 6.54 Å². The monoisotopic (exact) mass is 327 g/mol. The molecule has 0 aliphatic carbocycles. The summed E-state index contributed by atoms with van der Waals surface area (Å²) in [5.41, 5.74) is 6.70. The molecule has 8 heteroatoms. The molecule has 0 spiro atoms. The molecule has 19 heavy (non-hydrogen) atoms. The molecular formula is C11H14BrN5O2. The van der Waals surface area contributed by atoms with Crippen molar-refractivity contribution >= 4 is 27.7 Å². The second-order valence-electron chi connectivity index (χ2n) is 3.99. The van der Waals surface area contributed by atoms with Crippen LogP contribution in [-0.2, 0) is 16.1 Å². The number of amides is 2. The number of hydrogen-bond donors (Lipinski definition) is 2. The second-order valence-corrected chi connectivity index (χ2v) is 4.78. The fraction of sp³-hybridized carbons (Fsp3) is 0.455. The maximum Gasteiger partial charge on any atom is 0.254 e. The van der Waals surface area contributed by atoms with Crippen LogP contribution < -0.4 is 11.1 Å². The minimum atomic E-state index is -1.29. The number of carbonyl (C=O) groups is 2. The molecule has 102 valence electrons. The molecular weight excluding hydrogens is 314 g/mol. The number of nitriles is 1. The summed E-state index contributed by atoms with van der Waals surface area (Å²) in [7, 11) is 0. The van der Waals surface area contributed by atoms with E-state index in [9.17, 15) is 9.59 Å². The summed E-state index contributed by atoms with van der Waals surface area (Å²) in [5.74, 6) is -1.29. The maximum atomic E-state index is 11.6. The highest BCUT2D eigenvalue weighted by Crippen LogP contribution is 2.19. The number of nitrogens with zero attached hydrogens (tertiary/aromatic N) is 3. The summed E-state index contributed by atoms with van der Waals surface area (Å²) < 4.78 is 2.59. The minimum Gasteiger partial charge on any atom is -0.367 e. The van der Waals surface area contributed by atoms with Crippen molar-refractivity contribution in [1.29, 1.82) is 5.26 Å². The SMILES string of the molecule is Cc1nn(CCC(=O)NC(C#N)C(N)=O)c(C)c1Br. The smallest absolute Gasteiger partial charge is 0.254 e. The average Bonchev–Trinajstić information content (AvgIpc) is 2.60. The lowest BCUT2D eigenvalue weighted by atomic mass is 10.3. The minimum absolute atomic E-state index is 0.111. The highest BCUT2D eigenvalue weighted by Gasteiger charge is 2.17. The van der Waals surface area contributed by atoms with E-state index < -0.39 is 17.9 Å². The van der Waals surface area contributed by atoms with Crippen molar-refractivity contribution in [2.24, 2.45) is 5.73 Å². The number of aryl methyl sites for hydroxylation is 2. The number of nitrogens with two attached hydrogens (primary N) is 1. The lowest BCUT2D eigenvalue weighted by Crippen LogP contribution is -2.43. The van der Waals surface area contributed by atoms with Gasteiger partial charge in [0.25, 0.3) is 5.91 Å². The van der Waals surface area contributed by atoms with Gasteiger partial charge in [0.2, 0.25) is 5.91 Å². The fourth-order valence-electron chi connectivity index (χ4n) is 1.50. The van der Waals surface area contributed by atoms with Gasteiger partial charge in [-0.1, -0.05) is 0 Å². The third-order valence-electron chi connectivity index (χ3n) is 2.56. The summed E-state index contributed by atoms with van der Waals surface area (Å²) in [6.45, 7) is 4.09. The van der Waals surface area contributed by atoms with Crippen molar-refractivity contribution in [3.8, 4) is 6.07 Å². The first-order valence-electron chi connectivity index (χ1n) is 5.54. The molecule has 1 heterocycles. The molecule has 1 unspecified atom stereocenters. The van der Waals surface area contributed by atoms with Crippen LogP contribution in [0, 0.1) is 25.2 Å². The van der Waals surface area contributed by atoms with Gasteiger partial charge in [-0.25, -0.2) is 0 Å². The number of nitrogens with one attached hydrogen (secondary N) is 1. The molecule has 0 fully saturated rings. The van der Waals surface area contributed by atoms with Gasteiger partial charge in [-0.15, -0.1) is 0 Å². The Morgan fingerprint density at radius 1 is 1.58 bits per heavy atom. The Balaban J connectivity index is 2.58. The molecule has 0 saturated carbocycles. The highest BCUT2D eigenvalue weighted by atomic mass is 79.9. The number of halogens is 1. The number of aromatic nitrogens is 2. The zero-order valence-electron chi connectivity index (χ0n) is 10.6. The van der Waals surface area contributed by atoms with Crippen molar-refractivity contribution in [2.75, 3.05) is 0 Å². The molecule has 0 bridgehead atoms. The Labute approximate surface area is 118 Å². The first-order chi connectivity index (χ1) is 8.86. The van der Waals surface area contributed by atoms with Crippen LogP contribution in [0.5, 0.6) is 0 Å². The van der Waals surface area contributed by atoms with Crippen LogP contribution in [-0.4, -0.2) is 27.6 Å². The summed E-state index contributed by atoms with van der Waals surface area (Å²) in [6.07, 6.45) is 0.111. The molecule has 3 N–H and O–H groups in total. The summed E-state index contributed by atoms with van der Waals surface area (Å²) in [6, 6.07) is 0.327. The maximum absolute atomic E-state index is 11.6. The van der Waals surface area contributed by atoms with Gasteiger partial charge in [0.15, 0.2) is 6.04 Å². The van der Waals surface area contributed by atoms with Crippen molar-refractivity contribution in [3.63, 3.8) is 0 Å². The Kier molecular flexibility index (Phi) is 5.06. The lowest BCUT2D eigenvalue weighted by Gasteiger charge is -2.08. The van der Waals surface area contributed by atoms with E-state index in [-0.39, 0.29) is 6.42 Å². The average molecular weight is 328 g/mol. The van der Waals surface area contributed by atoms with Crippen LogP contribution in [0.2, 0.25) is 0 Å². The van der Waals surface area contributed by atoms with Crippen LogP contribution >= 0.6 is 15.9 Å². The molecule has 0 radical (unpaired) electrons. The Hall–Kier alpha value is -1.88.